The van der Waals surface area contributed by atoms with Crippen LogP contribution in [0.2, 0.25) is 0 Å². The number of hydrogen-bond acceptors (Lipinski definition) is 5. The van der Waals surface area contributed by atoms with Crippen LogP contribution in [0.1, 0.15) is 66.2 Å². The number of nitrogens with zero attached hydrogens (tertiary/aromatic N) is 3. The molecule has 3 rings (SSSR count). The summed E-state index contributed by atoms with van der Waals surface area (Å²) in [5.74, 6) is -1.01. The summed E-state index contributed by atoms with van der Waals surface area (Å²) in [6, 6.07) is -0.614. The number of aliphatic hydroxyl groups is 1. The van der Waals surface area contributed by atoms with Gasteiger partial charge in [-0.05, 0) is 59.3 Å². The van der Waals surface area contributed by atoms with Crippen molar-refractivity contribution in [2.24, 2.45) is 11.8 Å². The minimum Gasteiger partial charge on any atom is -0.396 e. The van der Waals surface area contributed by atoms with Crippen molar-refractivity contribution in [3.8, 4) is 0 Å². The predicted molar refractivity (Wildman–Crippen MR) is 145 cm³/mol. The van der Waals surface area contributed by atoms with Crippen molar-refractivity contribution in [3.63, 3.8) is 0 Å². The van der Waals surface area contributed by atoms with Gasteiger partial charge in [-0.25, -0.2) is 0 Å². The number of hydrogen-bond donors (Lipinski definition) is 1. The van der Waals surface area contributed by atoms with E-state index < -0.39 is 22.6 Å². The van der Waals surface area contributed by atoms with E-state index in [9.17, 15) is 19.5 Å². The summed E-state index contributed by atoms with van der Waals surface area (Å²) in [6.45, 7) is 17.9. The van der Waals surface area contributed by atoms with Gasteiger partial charge < -0.3 is 19.8 Å². The zero-order valence-corrected chi connectivity index (χ0v) is 23.4. The first-order chi connectivity index (χ1) is 17.1. The Morgan fingerprint density at radius 2 is 1.86 bits per heavy atom. The molecule has 202 valence electrons. The Morgan fingerprint density at radius 3 is 2.44 bits per heavy atom. The number of unbranched alkanes of at least 4 members (excludes halogenated alkanes) is 2. The molecular weight excluding hydrogens is 474 g/mol. The Bertz CT molecular complexity index is 864. The van der Waals surface area contributed by atoms with Crippen molar-refractivity contribution in [1.29, 1.82) is 0 Å². The lowest BCUT2D eigenvalue weighted by Gasteiger charge is -2.39. The third-order valence-electron chi connectivity index (χ3n) is 8.22. The topological polar surface area (TPSA) is 81.2 Å². The van der Waals surface area contributed by atoms with E-state index in [1.165, 1.54) is 0 Å². The number of amides is 3. The number of fused-ring (bicyclic) bond motifs is 1. The van der Waals surface area contributed by atoms with Crippen LogP contribution in [0.4, 0.5) is 0 Å². The summed E-state index contributed by atoms with van der Waals surface area (Å²) in [6.07, 6.45) is 8.08. The number of carbonyl (C=O) groups excluding carboxylic acids is 3. The maximum Gasteiger partial charge on any atom is 0.247 e. The molecule has 3 heterocycles. The Balaban J connectivity index is 2.04. The molecule has 0 aromatic heterocycles. The number of carbonyl (C=O) groups is 3. The molecule has 0 saturated carbocycles. The van der Waals surface area contributed by atoms with E-state index in [-0.39, 0.29) is 35.1 Å². The number of rotatable bonds is 14. The van der Waals surface area contributed by atoms with Crippen LogP contribution in [0.5, 0.6) is 0 Å². The van der Waals surface area contributed by atoms with Crippen LogP contribution in [0, 0.1) is 11.8 Å². The smallest absolute Gasteiger partial charge is 0.247 e. The molecule has 2 bridgehead atoms. The van der Waals surface area contributed by atoms with E-state index >= 15 is 0 Å². The van der Waals surface area contributed by atoms with Gasteiger partial charge in [0.05, 0.1) is 16.6 Å². The van der Waals surface area contributed by atoms with Crippen LogP contribution < -0.4 is 0 Å². The Hall–Kier alpha value is -1.80. The highest BCUT2D eigenvalue weighted by molar-refractivity contribution is 8.02. The molecule has 8 heteroatoms. The van der Waals surface area contributed by atoms with E-state index in [0.717, 1.165) is 32.1 Å². The lowest BCUT2D eigenvalue weighted by molar-refractivity contribution is -0.146. The third-order valence-corrected chi connectivity index (χ3v) is 10.2. The second-order valence-corrected chi connectivity index (χ2v) is 12.9. The fraction of sp³-hybridized carbons (Fsp3) is 0.750. The van der Waals surface area contributed by atoms with Crippen LogP contribution in [-0.2, 0) is 14.4 Å². The standard InChI is InChI=1S/C28H45N3O4S/c1-7-15-29(16-8-2)24(33)21-22-25(34)31(18-11-10-12-19-32)23(26(35)30(17-9-3)20(4)5)28(22)14-13-27(21,6)36-28/h7,9,20-23,32H,1,3,8,10-19H2,2,4-6H3/t21-,22+,23?,27+,28?/m1/s1. The highest BCUT2D eigenvalue weighted by atomic mass is 32.2. The molecule has 3 amide bonds. The molecule has 7 nitrogen and oxygen atoms in total. The first-order valence-electron chi connectivity index (χ1n) is 13.6. The molecule has 3 fully saturated rings. The van der Waals surface area contributed by atoms with E-state index in [1.807, 2.05) is 30.6 Å². The Labute approximate surface area is 221 Å². The molecule has 0 aromatic carbocycles. The van der Waals surface area contributed by atoms with Gasteiger partial charge in [0.2, 0.25) is 17.7 Å². The van der Waals surface area contributed by atoms with Crippen molar-refractivity contribution >= 4 is 29.5 Å². The van der Waals surface area contributed by atoms with Crippen LogP contribution in [0.3, 0.4) is 0 Å². The monoisotopic (exact) mass is 519 g/mol. The van der Waals surface area contributed by atoms with Gasteiger partial charge in [0.25, 0.3) is 0 Å². The predicted octanol–water partition coefficient (Wildman–Crippen LogP) is 3.48. The average Bonchev–Trinajstić information content (AvgIpc) is 3.40. The second kappa shape index (κ2) is 11.7. The lowest BCUT2D eigenvalue weighted by Crippen LogP contribution is -2.56. The first-order valence-corrected chi connectivity index (χ1v) is 14.4. The highest BCUT2D eigenvalue weighted by Crippen LogP contribution is 2.71. The maximum atomic E-state index is 14.2. The molecule has 2 unspecified atom stereocenters. The van der Waals surface area contributed by atoms with Gasteiger partial charge in [0, 0.05) is 43.6 Å². The quantitative estimate of drug-likeness (QED) is 0.281. The minimum atomic E-state index is -0.597. The summed E-state index contributed by atoms with van der Waals surface area (Å²) in [7, 11) is 0. The number of thioether (sulfide) groups is 1. The molecule has 0 aromatic rings. The molecular formula is C28H45N3O4S. The molecule has 1 N–H and O–H groups in total. The molecule has 3 saturated heterocycles. The van der Waals surface area contributed by atoms with Gasteiger partial charge in [-0.2, -0.15) is 0 Å². The third kappa shape index (κ3) is 4.87. The van der Waals surface area contributed by atoms with Gasteiger partial charge in [-0.3, -0.25) is 14.4 Å². The summed E-state index contributed by atoms with van der Waals surface area (Å²) in [5, 5.41) is 9.22. The van der Waals surface area contributed by atoms with Crippen molar-refractivity contribution in [3.05, 3.63) is 25.3 Å². The zero-order chi connectivity index (χ0) is 26.7. The molecule has 1 spiro atoms. The normalized spacial score (nSPS) is 30.6. The van der Waals surface area contributed by atoms with Crippen LogP contribution >= 0.6 is 11.8 Å². The summed E-state index contributed by atoms with van der Waals surface area (Å²) in [5.41, 5.74) is 0. The number of likely N-dealkylation sites (tertiary alicyclic amines) is 1. The van der Waals surface area contributed by atoms with Gasteiger partial charge in [-0.1, -0.05) is 19.1 Å². The minimum absolute atomic E-state index is 0.0202. The number of aliphatic hydroxyl groups excluding tert-OH is 1. The van der Waals surface area contributed by atoms with Crippen molar-refractivity contribution in [2.75, 3.05) is 32.8 Å². The maximum absolute atomic E-state index is 14.2. The van der Waals surface area contributed by atoms with Gasteiger partial charge in [0.15, 0.2) is 0 Å². The van der Waals surface area contributed by atoms with E-state index in [2.05, 4.69) is 20.1 Å². The molecule has 3 aliphatic rings. The van der Waals surface area contributed by atoms with Crippen LogP contribution in [0.25, 0.3) is 0 Å². The highest BCUT2D eigenvalue weighted by Gasteiger charge is 2.77. The zero-order valence-electron chi connectivity index (χ0n) is 22.6. The SMILES string of the molecule is C=CCN(CCC)C(=O)[C@H]1[C@H]2C(=O)N(CCCCCO)C(C(=O)N(CC=C)C(C)C)C23CC[C@]1(C)S3. The van der Waals surface area contributed by atoms with E-state index in [0.29, 0.717) is 32.6 Å². The van der Waals surface area contributed by atoms with Gasteiger partial charge in [0.1, 0.15) is 6.04 Å². The van der Waals surface area contributed by atoms with Crippen molar-refractivity contribution in [2.45, 2.75) is 87.8 Å². The Kier molecular flexibility index (Phi) is 9.36. The van der Waals surface area contributed by atoms with Crippen molar-refractivity contribution < 1.29 is 19.5 Å². The average molecular weight is 520 g/mol. The molecule has 36 heavy (non-hydrogen) atoms. The molecule has 0 aliphatic carbocycles. The van der Waals surface area contributed by atoms with E-state index in [1.54, 1.807) is 28.8 Å². The second-order valence-electron chi connectivity index (χ2n) is 11.0. The molecule has 5 atom stereocenters. The van der Waals surface area contributed by atoms with Crippen molar-refractivity contribution in [1.82, 2.24) is 14.7 Å². The van der Waals surface area contributed by atoms with Gasteiger partial charge >= 0.3 is 0 Å². The largest absolute Gasteiger partial charge is 0.396 e. The summed E-state index contributed by atoms with van der Waals surface area (Å²) >= 11 is 1.73. The summed E-state index contributed by atoms with van der Waals surface area (Å²) in [4.78, 5) is 47.8. The van der Waals surface area contributed by atoms with E-state index in [4.69, 9.17) is 0 Å². The Morgan fingerprint density at radius 1 is 1.17 bits per heavy atom. The molecule has 0 radical (unpaired) electrons. The fourth-order valence-electron chi connectivity index (χ4n) is 6.66. The lowest BCUT2D eigenvalue weighted by atomic mass is 9.66. The molecule has 3 aliphatic heterocycles. The van der Waals surface area contributed by atoms with Crippen LogP contribution in [0.15, 0.2) is 25.3 Å². The fourth-order valence-corrected chi connectivity index (χ4v) is 9.00. The van der Waals surface area contributed by atoms with Gasteiger partial charge in [-0.15, -0.1) is 24.9 Å². The first kappa shape index (κ1) is 28.8. The van der Waals surface area contributed by atoms with Crippen LogP contribution in [-0.4, -0.2) is 91.9 Å². The summed E-state index contributed by atoms with van der Waals surface area (Å²) < 4.78 is -0.965.